The number of nitrogens with zero attached hydrogens (tertiary/aromatic N) is 2. The largest absolute Gasteiger partial charge is 0.476 e. The molecule has 4 rings (SSSR count). The molecule has 0 spiro atoms. The average Bonchev–Trinajstić information content (AvgIpc) is 2.94. The van der Waals surface area contributed by atoms with Gasteiger partial charge in [-0.1, -0.05) is 23.7 Å². The van der Waals surface area contributed by atoms with Gasteiger partial charge in [0, 0.05) is 36.4 Å². The van der Waals surface area contributed by atoms with Gasteiger partial charge in [0.2, 0.25) is 5.88 Å². The molecule has 3 aromatic rings. The molecule has 0 amide bonds. The van der Waals surface area contributed by atoms with Crippen molar-refractivity contribution < 1.29 is 31.1 Å². The van der Waals surface area contributed by atoms with Crippen LogP contribution in [0.4, 0.5) is 26.3 Å². The number of benzene rings is 2. The van der Waals surface area contributed by atoms with Crippen LogP contribution in [0.3, 0.4) is 0 Å². The van der Waals surface area contributed by atoms with E-state index < -0.39 is 23.5 Å². The monoisotopic (exact) mass is 486 g/mol. The lowest BCUT2D eigenvalue weighted by Crippen LogP contribution is -2.26. The standard InChI is InChI=1S/C23H17ClF6N2O/c24-18-3-1-15(2-4-18)19-5-6-31-21-20(19)13-32(7-8-33-21)12-14-9-16(22(25,26)27)11-17(10-14)23(28,29)30/h1-6,9-11H,7-8,12-13H2. The maximum atomic E-state index is 13.2. The second kappa shape index (κ2) is 8.87. The molecule has 0 bridgehead atoms. The Morgan fingerprint density at radius 1 is 0.909 bits per heavy atom. The van der Waals surface area contributed by atoms with Crippen LogP contribution in [0.2, 0.25) is 5.02 Å². The fourth-order valence-corrected chi connectivity index (χ4v) is 3.85. The van der Waals surface area contributed by atoms with E-state index in [1.54, 1.807) is 29.3 Å². The lowest BCUT2D eigenvalue weighted by Gasteiger charge is -2.22. The van der Waals surface area contributed by atoms with Crippen molar-refractivity contribution in [2.75, 3.05) is 13.2 Å². The zero-order chi connectivity index (χ0) is 23.8. The smallest absolute Gasteiger partial charge is 0.416 e. The minimum atomic E-state index is -4.89. The van der Waals surface area contributed by atoms with Crippen molar-refractivity contribution in [2.24, 2.45) is 0 Å². The first-order valence-electron chi connectivity index (χ1n) is 9.88. The minimum absolute atomic E-state index is 0.0856. The van der Waals surface area contributed by atoms with Crippen LogP contribution in [-0.2, 0) is 25.4 Å². The SMILES string of the molecule is FC(F)(F)c1cc(CN2CCOc3nccc(-c4ccc(Cl)cc4)c3C2)cc(C(F)(F)F)c1. The molecule has 2 heterocycles. The predicted molar refractivity (Wildman–Crippen MR) is 111 cm³/mol. The highest BCUT2D eigenvalue weighted by Crippen LogP contribution is 2.37. The van der Waals surface area contributed by atoms with Gasteiger partial charge in [0.25, 0.3) is 0 Å². The molecule has 0 aliphatic carbocycles. The van der Waals surface area contributed by atoms with Crippen LogP contribution in [0.25, 0.3) is 11.1 Å². The first kappa shape index (κ1) is 23.4. The summed E-state index contributed by atoms with van der Waals surface area (Å²) in [7, 11) is 0. The van der Waals surface area contributed by atoms with Crippen molar-refractivity contribution in [2.45, 2.75) is 25.4 Å². The zero-order valence-corrected chi connectivity index (χ0v) is 17.7. The maximum Gasteiger partial charge on any atom is 0.416 e. The number of hydrogen-bond donors (Lipinski definition) is 0. The van der Waals surface area contributed by atoms with Crippen molar-refractivity contribution in [1.29, 1.82) is 0 Å². The molecule has 1 aromatic heterocycles. The Morgan fingerprint density at radius 3 is 2.15 bits per heavy atom. The first-order chi connectivity index (χ1) is 15.5. The fraction of sp³-hybridized carbons (Fsp3) is 0.261. The molecule has 2 aromatic carbocycles. The Bertz CT molecular complexity index is 1110. The van der Waals surface area contributed by atoms with Crippen molar-refractivity contribution in [1.82, 2.24) is 9.88 Å². The van der Waals surface area contributed by atoms with E-state index in [0.29, 0.717) is 23.0 Å². The third kappa shape index (κ3) is 5.42. The van der Waals surface area contributed by atoms with Crippen LogP contribution in [0.5, 0.6) is 5.88 Å². The Labute approximate surface area is 190 Å². The van der Waals surface area contributed by atoms with Gasteiger partial charge >= 0.3 is 12.4 Å². The van der Waals surface area contributed by atoms with E-state index in [2.05, 4.69) is 4.98 Å². The number of pyridine rings is 1. The number of halogens is 7. The summed E-state index contributed by atoms with van der Waals surface area (Å²) in [4.78, 5) is 5.98. The van der Waals surface area contributed by atoms with E-state index >= 15 is 0 Å². The van der Waals surface area contributed by atoms with Gasteiger partial charge in [-0.25, -0.2) is 4.98 Å². The summed E-state index contributed by atoms with van der Waals surface area (Å²) >= 11 is 5.97. The molecule has 0 atom stereocenters. The number of fused-ring (bicyclic) bond motifs is 1. The third-order valence-electron chi connectivity index (χ3n) is 5.25. The Balaban J connectivity index is 1.68. The second-order valence-electron chi connectivity index (χ2n) is 7.62. The molecular weight excluding hydrogens is 470 g/mol. The Hall–Kier alpha value is -2.78. The number of ether oxygens (including phenoxy) is 1. The van der Waals surface area contributed by atoms with Gasteiger partial charge in [-0.3, -0.25) is 4.90 Å². The lowest BCUT2D eigenvalue weighted by atomic mass is 10.0. The third-order valence-corrected chi connectivity index (χ3v) is 5.51. The van der Waals surface area contributed by atoms with E-state index in [4.69, 9.17) is 16.3 Å². The van der Waals surface area contributed by atoms with Crippen molar-refractivity contribution in [3.63, 3.8) is 0 Å². The van der Waals surface area contributed by atoms with Crippen molar-refractivity contribution in [3.05, 3.63) is 82.0 Å². The van der Waals surface area contributed by atoms with Gasteiger partial charge in [-0.15, -0.1) is 0 Å². The minimum Gasteiger partial charge on any atom is -0.476 e. The summed E-state index contributed by atoms with van der Waals surface area (Å²) in [6.07, 6.45) is -8.20. The van der Waals surface area contributed by atoms with E-state index in [0.717, 1.165) is 23.3 Å². The predicted octanol–water partition coefficient (Wildman–Crippen LogP) is 6.83. The van der Waals surface area contributed by atoms with Gasteiger partial charge in [0.1, 0.15) is 6.61 Å². The van der Waals surface area contributed by atoms with Gasteiger partial charge in [0.05, 0.1) is 11.1 Å². The normalized spacial score (nSPS) is 15.0. The molecule has 3 nitrogen and oxygen atoms in total. The Morgan fingerprint density at radius 2 is 1.55 bits per heavy atom. The molecule has 1 aliphatic heterocycles. The van der Waals surface area contributed by atoms with Crippen LogP contribution < -0.4 is 4.74 Å². The van der Waals surface area contributed by atoms with Crippen LogP contribution in [-0.4, -0.2) is 23.0 Å². The molecule has 0 N–H and O–H groups in total. The average molecular weight is 487 g/mol. The first-order valence-corrected chi connectivity index (χ1v) is 10.3. The van der Waals surface area contributed by atoms with Gasteiger partial charge in [-0.05, 0) is 53.1 Å². The number of hydrogen-bond acceptors (Lipinski definition) is 3. The van der Waals surface area contributed by atoms with Gasteiger partial charge < -0.3 is 4.74 Å². The second-order valence-corrected chi connectivity index (χ2v) is 8.06. The number of aromatic nitrogens is 1. The molecular formula is C23H17ClF6N2O. The van der Waals surface area contributed by atoms with E-state index in [1.807, 2.05) is 12.1 Å². The van der Waals surface area contributed by atoms with Gasteiger partial charge in [-0.2, -0.15) is 26.3 Å². The summed E-state index contributed by atoms with van der Waals surface area (Å²) in [5.41, 5.74) is -0.423. The van der Waals surface area contributed by atoms with Crippen LogP contribution >= 0.6 is 11.6 Å². The molecule has 0 unspecified atom stereocenters. The van der Waals surface area contributed by atoms with Crippen molar-refractivity contribution >= 4 is 11.6 Å². The molecule has 1 aliphatic rings. The summed E-state index contributed by atoms with van der Waals surface area (Å²) in [5.74, 6) is 0.380. The fourth-order valence-electron chi connectivity index (χ4n) is 3.73. The summed E-state index contributed by atoms with van der Waals surface area (Å²) in [6, 6.07) is 10.5. The highest BCUT2D eigenvalue weighted by atomic mass is 35.5. The van der Waals surface area contributed by atoms with Gasteiger partial charge in [0.15, 0.2) is 0 Å². The molecule has 0 radical (unpaired) electrons. The Kier molecular flexibility index (Phi) is 6.28. The number of rotatable bonds is 3. The van der Waals surface area contributed by atoms with Crippen molar-refractivity contribution in [3.8, 4) is 17.0 Å². The molecule has 174 valence electrons. The van der Waals surface area contributed by atoms with E-state index in [-0.39, 0.29) is 31.3 Å². The van der Waals surface area contributed by atoms with E-state index in [9.17, 15) is 26.3 Å². The lowest BCUT2D eigenvalue weighted by molar-refractivity contribution is -0.143. The highest BCUT2D eigenvalue weighted by molar-refractivity contribution is 6.30. The topological polar surface area (TPSA) is 25.4 Å². The molecule has 0 fully saturated rings. The summed E-state index contributed by atoms with van der Waals surface area (Å²) in [5, 5.41) is 0.557. The number of alkyl halides is 6. The summed E-state index contributed by atoms with van der Waals surface area (Å²) < 4.78 is 85.1. The van der Waals surface area contributed by atoms with E-state index in [1.165, 1.54) is 0 Å². The molecule has 0 saturated heterocycles. The summed E-state index contributed by atoms with van der Waals surface area (Å²) in [6.45, 7) is 0.604. The molecule has 0 saturated carbocycles. The highest BCUT2D eigenvalue weighted by Gasteiger charge is 2.37. The quantitative estimate of drug-likeness (QED) is 0.379. The zero-order valence-electron chi connectivity index (χ0n) is 17.0. The van der Waals surface area contributed by atoms with Crippen LogP contribution in [0.1, 0.15) is 22.3 Å². The van der Waals surface area contributed by atoms with Crippen LogP contribution in [0.15, 0.2) is 54.7 Å². The maximum absolute atomic E-state index is 13.2. The van der Waals surface area contributed by atoms with Crippen LogP contribution in [0, 0.1) is 0 Å². The molecule has 33 heavy (non-hydrogen) atoms. The molecule has 10 heteroatoms.